The first kappa shape index (κ1) is 9.88. The smallest absolute Gasteiger partial charge is 0.336 e. The first-order chi connectivity index (χ1) is 7.93. The number of nitrogens with zero attached hydrogens (tertiary/aromatic N) is 1. The van der Waals surface area contributed by atoms with Crippen LogP contribution in [0, 0.1) is 0 Å². The third-order valence-electron chi connectivity index (χ3n) is 3.71. The number of hydrogen-bond donors (Lipinski definition) is 0. The molecule has 0 saturated heterocycles. The highest BCUT2D eigenvalue weighted by Gasteiger charge is 2.29. The van der Waals surface area contributed by atoms with Gasteiger partial charge in [0.05, 0.1) is 6.42 Å². The van der Waals surface area contributed by atoms with E-state index in [-0.39, 0.29) is 0 Å². The molecule has 2 heterocycles. The van der Waals surface area contributed by atoms with Crippen molar-refractivity contribution in [3.8, 4) is 0 Å². The zero-order valence-electron chi connectivity index (χ0n) is 9.56. The zero-order chi connectivity index (χ0) is 10.8. The van der Waals surface area contributed by atoms with Crippen molar-refractivity contribution >= 4 is 5.90 Å². The fraction of sp³-hybridized carbons (Fsp3) is 0.500. The minimum Gasteiger partial charge on any atom is -0.441 e. The van der Waals surface area contributed by atoms with E-state index in [0.29, 0.717) is 5.92 Å². The summed E-state index contributed by atoms with van der Waals surface area (Å²) in [5.74, 6) is 1.95. The molecule has 1 aromatic carbocycles. The zero-order valence-corrected chi connectivity index (χ0v) is 9.56. The van der Waals surface area contributed by atoms with Gasteiger partial charge in [0.1, 0.15) is 6.54 Å². The second kappa shape index (κ2) is 4.28. The molecule has 0 saturated carbocycles. The van der Waals surface area contributed by atoms with Crippen LogP contribution in [0.1, 0.15) is 30.7 Å². The average Bonchev–Trinajstić information content (AvgIpc) is 2.70. The molecule has 2 aliphatic rings. The molecule has 0 aliphatic carbocycles. The lowest BCUT2D eigenvalue weighted by Crippen LogP contribution is -2.15. The number of hydrogen-bond acceptors (Lipinski definition) is 1. The van der Waals surface area contributed by atoms with Crippen LogP contribution in [0.25, 0.3) is 0 Å². The molecule has 0 amide bonds. The van der Waals surface area contributed by atoms with Crippen molar-refractivity contribution in [1.29, 1.82) is 0 Å². The van der Waals surface area contributed by atoms with Crippen LogP contribution >= 0.6 is 0 Å². The van der Waals surface area contributed by atoms with E-state index in [9.17, 15) is 0 Å². The normalized spacial score (nSPS) is 24.9. The highest BCUT2D eigenvalue weighted by molar-refractivity contribution is 5.71. The van der Waals surface area contributed by atoms with Gasteiger partial charge in [-0.2, -0.15) is 4.58 Å². The van der Waals surface area contributed by atoms with E-state index < -0.39 is 0 Å². The van der Waals surface area contributed by atoms with Crippen LogP contribution in [0.2, 0.25) is 0 Å². The molecule has 3 rings (SSSR count). The van der Waals surface area contributed by atoms with Crippen LogP contribution in [0.4, 0.5) is 0 Å². The van der Waals surface area contributed by atoms with Gasteiger partial charge in [0.25, 0.3) is 0 Å². The molecule has 0 N–H and O–H groups in total. The molecule has 0 fully saturated rings. The van der Waals surface area contributed by atoms with Gasteiger partial charge in [0.2, 0.25) is 0 Å². The van der Waals surface area contributed by atoms with E-state index in [4.69, 9.17) is 4.74 Å². The minimum absolute atomic E-state index is 0.711. The molecule has 0 spiro atoms. The first-order valence-corrected chi connectivity index (χ1v) is 6.22. The van der Waals surface area contributed by atoms with Crippen molar-refractivity contribution in [1.82, 2.24) is 0 Å². The molecule has 0 bridgehead atoms. The molecule has 0 radical (unpaired) electrons. The number of benzene rings is 1. The predicted octanol–water partition coefficient (Wildman–Crippen LogP) is 2.40. The number of ether oxygens (including phenoxy) is 1. The molecule has 0 aromatic heterocycles. The SMILES string of the molecule is c1ccc(C2CCC3=[N+](CCO3)CC2)cc1. The van der Waals surface area contributed by atoms with E-state index in [0.717, 1.165) is 26.1 Å². The summed E-state index contributed by atoms with van der Waals surface area (Å²) < 4.78 is 8.08. The van der Waals surface area contributed by atoms with Crippen molar-refractivity contribution in [2.45, 2.75) is 25.2 Å². The van der Waals surface area contributed by atoms with Crippen LogP contribution in [0.15, 0.2) is 30.3 Å². The molecule has 2 nitrogen and oxygen atoms in total. The van der Waals surface area contributed by atoms with Crippen LogP contribution in [-0.4, -0.2) is 30.2 Å². The van der Waals surface area contributed by atoms with E-state index in [2.05, 4.69) is 34.9 Å². The molecule has 2 aliphatic heterocycles. The second-order valence-electron chi connectivity index (χ2n) is 4.66. The quantitative estimate of drug-likeness (QED) is 0.657. The molecule has 16 heavy (non-hydrogen) atoms. The Bertz CT molecular complexity index is 378. The Balaban J connectivity index is 1.74. The number of rotatable bonds is 1. The topological polar surface area (TPSA) is 12.2 Å². The summed E-state index contributed by atoms with van der Waals surface area (Å²) in [4.78, 5) is 0. The fourth-order valence-corrected chi connectivity index (χ4v) is 2.77. The lowest BCUT2D eigenvalue weighted by atomic mass is 9.92. The Labute approximate surface area is 96.6 Å². The van der Waals surface area contributed by atoms with Gasteiger partial charge < -0.3 is 4.74 Å². The van der Waals surface area contributed by atoms with Crippen LogP contribution < -0.4 is 0 Å². The third-order valence-corrected chi connectivity index (χ3v) is 3.71. The van der Waals surface area contributed by atoms with E-state index in [1.807, 2.05) is 0 Å². The van der Waals surface area contributed by atoms with Crippen molar-refractivity contribution < 1.29 is 9.31 Å². The van der Waals surface area contributed by atoms with Crippen LogP contribution in [0.5, 0.6) is 0 Å². The molecule has 2 heteroatoms. The first-order valence-electron chi connectivity index (χ1n) is 6.22. The van der Waals surface area contributed by atoms with E-state index in [1.54, 1.807) is 0 Å². The summed E-state index contributed by atoms with van der Waals surface area (Å²) in [7, 11) is 0. The van der Waals surface area contributed by atoms with Gasteiger partial charge in [-0.25, -0.2) is 0 Å². The van der Waals surface area contributed by atoms with Gasteiger partial charge in [-0.15, -0.1) is 0 Å². The van der Waals surface area contributed by atoms with Gasteiger partial charge in [-0.3, -0.25) is 0 Å². The van der Waals surface area contributed by atoms with Crippen molar-refractivity contribution in [2.75, 3.05) is 19.7 Å². The molecular weight excluding hydrogens is 198 g/mol. The van der Waals surface area contributed by atoms with Crippen molar-refractivity contribution in [3.05, 3.63) is 35.9 Å². The third kappa shape index (κ3) is 1.84. The predicted molar refractivity (Wildman–Crippen MR) is 64.0 cm³/mol. The second-order valence-corrected chi connectivity index (χ2v) is 4.66. The summed E-state index contributed by atoms with van der Waals surface area (Å²) >= 11 is 0. The Hall–Kier alpha value is -1.31. The Kier molecular flexibility index (Phi) is 2.65. The average molecular weight is 216 g/mol. The lowest BCUT2D eigenvalue weighted by Gasteiger charge is -2.12. The maximum Gasteiger partial charge on any atom is 0.336 e. The van der Waals surface area contributed by atoms with Crippen molar-refractivity contribution in [2.24, 2.45) is 0 Å². The van der Waals surface area contributed by atoms with Crippen LogP contribution in [0.3, 0.4) is 0 Å². The largest absolute Gasteiger partial charge is 0.441 e. The summed E-state index contributed by atoms with van der Waals surface area (Å²) in [5.41, 5.74) is 1.49. The fourth-order valence-electron chi connectivity index (χ4n) is 2.77. The van der Waals surface area contributed by atoms with Gasteiger partial charge in [-0.05, 0) is 17.9 Å². The van der Waals surface area contributed by atoms with E-state index in [1.165, 1.54) is 24.3 Å². The van der Waals surface area contributed by atoms with Gasteiger partial charge in [0, 0.05) is 6.42 Å². The molecule has 1 atom stereocenters. The Morgan fingerprint density at radius 3 is 2.81 bits per heavy atom. The maximum absolute atomic E-state index is 5.66. The van der Waals surface area contributed by atoms with E-state index >= 15 is 0 Å². The van der Waals surface area contributed by atoms with Gasteiger partial charge in [-0.1, -0.05) is 30.3 Å². The van der Waals surface area contributed by atoms with Crippen LogP contribution in [-0.2, 0) is 4.74 Å². The van der Waals surface area contributed by atoms with Gasteiger partial charge in [0.15, 0.2) is 13.2 Å². The van der Waals surface area contributed by atoms with Crippen molar-refractivity contribution in [3.63, 3.8) is 0 Å². The summed E-state index contributed by atoms with van der Waals surface area (Å²) in [6, 6.07) is 10.9. The minimum atomic E-state index is 0.711. The Morgan fingerprint density at radius 2 is 1.94 bits per heavy atom. The molecule has 1 unspecified atom stereocenters. The molecule has 84 valence electrons. The summed E-state index contributed by atoms with van der Waals surface area (Å²) in [6.45, 7) is 3.15. The standard InChI is InChI=1S/C14H18NO/c1-2-4-12(5-3-1)13-6-7-14-15(9-8-13)10-11-16-14/h1-5,13H,6-11H2/q+1. The molecule has 1 aromatic rings. The highest BCUT2D eigenvalue weighted by Crippen LogP contribution is 2.27. The lowest BCUT2D eigenvalue weighted by molar-refractivity contribution is -0.519. The summed E-state index contributed by atoms with van der Waals surface area (Å²) in [5, 5.41) is 0. The molecular formula is C14H18NO+. The Morgan fingerprint density at radius 1 is 1.06 bits per heavy atom. The monoisotopic (exact) mass is 216 g/mol. The summed E-state index contributed by atoms with van der Waals surface area (Å²) in [6.07, 6.45) is 3.60. The van der Waals surface area contributed by atoms with Gasteiger partial charge >= 0.3 is 5.90 Å². The maximum atomic E-state index is 5.66. The highest BCUT2D eigenvalue weighted by atomic mass is 16.5.